The molecule has 1 rings (SSSR count). The fourth-order valence-corrected chi connectivity index (χ4v) is 2.90. The van der Waals surface area contributed by atoms with Crippen molar-refractivity contribution in [2.24, 2.45) is 0 Å². The predicted molar refractivity (Wildman–Crippen MR) is 67.4 cm³/mol. The van der Waals surface area contributed by atoms with Crippen molar-refractivity contribution in [3.63, 3.8) is 0 Å². The van der Waals surface area contributed by atoms with E-state index < -0.39 is 22.0 Å². The van der Waals surface area contributed by atoms with Crippen molar-refractivity contribution < 1.29 is 17.9 Å². The van der Waals surface area contributed by atoms with Gasteiger partial charge in [0.1, 0.15) is 6.04 Å². The van der Waals surface area contributed by atoms with Crippen LogP contribution < -0.4 is 10.5 Å². The minimum atomic E-state index is -3.80. The zero-order valence-corrected chi connectivity index (χ0v) is 11.2. The van der Waals surface area contributed by atoms with Crippen LogP contribution in [-0.4, -0.2) is 27.5 Å². The Balaban J connectivity index is 3.07. The number of hydrogen-bond acceptors (Lipinski definition) is 5. The first-order valence-corrected chi connectivity index (χ1v) is 6.72. The van der Waals surface area contributed by atoms with Gasteiger partial charge in [0.05, 0.1) is 12.0 Å². The number of methoxy groups -OCH3 is 1. The second kappa shape index (κ2) is 5.36. The van der Waals surface area contributed by atoms with Crippen molar-refractivity contribution in [3.05, 3.63) is 23.8 Å². The third-order valence-electron chi connectivity index (χ3n) is 2.39. The van der Waals surface area contributed by atoms with Crippen LogP contribution in [-0.2, 0) is 19.6 Å². The molecule has 7 heteroatoms. The number of aryl methyl sites for hydroxylation is 1. The van der Waals surface area contributed by atoms with Crippen LogP contribution >= 0.6 is 0 Å². The lowest BCUT2D eigenvalue weighted by atomic mass is 10.2. The van der Waals surface area contributed by atoms with Gasteiger partial charge in [-0.15, -0.1) is 0 Å². The number of anilines is 1. The normalized spacial score (nSPS) is 13.1. The van der Waals surface area contributed by atoms with Crippen molar-refractivity contribution in [1.29, 1.82) is 0 Å². The van der Waals surface area contributed by atoms with Gasteiger partial charge < -0.3 is 10.5 Å². The Hall–Kier alpha value is -1.60. The van der Waals surface area contributed by atoms with E-state index in [0.29, 0.717) is 11.3 Å². The van der Waals surface area contributed by atoms with Crippen LogP contribution in [0.25, 0.3) is 0 Å². The van der Waals surface area contributed by atoms with Gasteiger partial charge >= 0.3 is 5.97 Å². The topological polar surface area (TPSA) is 98.5 Å². The molecule has 0 amide bonds. The number of carbonyl (C=O) groups is 1. The number of sulfonamides is 1. The minimum Gasteiger partial charge on any atom is -0.468 e. The molecule has 100 valence electrons. The third-order valence-corrected chi connectivity index (χ3v) is 4.07. The molecular weight excluding hydrogens is 256 g/mol. The largest absolute Gasteiger partial charge is 0.468 e. The second-order valence-corrected chi connectivity index (χ2v) is 5.57. The van der Waals surface area contributed by atoms with Gasteiger partial charge in [-0.1, -0.05) is 6.07 Å². The summed E-state index contributed by atoms with van der Waals surface area (Å²) in [5.41, 5.74) is 6.45. The Morgan fingerprint density at radius 1 is 1.44 bits per heavy atom. The standard InChI is InChI=1S/C11H16N2O4S/c1-7-4-5-9(12)6-10(7)18(15,16)13-8(2)11(14)17-3/h4-6,8,13H,12H2,1-3H3. The highest BCUT2D eigenvalue weighted by Crippen LogP contribution is 2.18. The van der Waals surface area contributed by atoms with Gasteiger partial charge in [0.15, 0.2) is 0 Å². The number of nitrogen functional groups attached to an aromatic ring is 1. The minimum absolute atomic E-state index is 0.0539. The molecule has 18 heavy (non-hydrogen) atoms. The van der Waals surface area contributed by atoms with Crippen LogP contribution in [0.15, 0.2) is 23.1 Å². The Bertz CT molecular complexity index is 554. The Morgan fingerprint density at radius 3 is 2.61 bits per heavy atom. The van der Waals surface area contributed by atoms with Crippen LogP contribution in [0.3, 0.4) is 0 Å². The molecule has 0 spiro atoms. The molecule has 1 atom stereocenters. The maximum absolute atomic E-state index is 12.1. The van der Waals surface area contributed by atoms with Crippen molar-refractivity contribution in [3.8, 4) is 0 Å². The number of carbonyl (C=O) groups excluding carboxylic acids is 1. The van der Waals surface area contributed by atoms with Crippen LogP contribution in [0, 0.1) is 6.92 Å². The summed E-state index contributed by atoms with van der Waals surface area (Å²) in [6.07, 6.45) is 0. The van der Waals surface area contributed by atoms with E-state index in [2.05, 4.69) is 9.46 Å². The molecule has 1 aromatic rings. The molecule has 6 nitrogen and oxygen atoms in total. The molecule has 0 radical (unpaired) electrons. The lowest BCUT2D eigenvalue weighted by Gasteiger charge is -2.13. The molecular formula is C11H16N2O4S. The number of ether oxygens (including phenoxy) is 1. The van der Waals surface area contributed by atoms with Gasteiger partial charge in [-0.25, -0.2) is 8.42 Å². The van der Waals surface area contributed by atoms with Crippen LogP contribution in [0.4, 0.5) is 5.69 Å². The number of nitrogens with one attached hydrogen (secondary N) is 1. The van der Waals surface area contributed by atoms with E-state index in [1.54, 1.807) is 19.1 Å². The molecule has 3 N–H and O–H groups in total. The van der Waals surface area contributed by atoms with Crippen LogP contribution in [0.1, 0.15) is 12.5 Å². The monoisotopic (exact) mass is 272 g/mol. The fourth-order valence-electron chi connectivity index (χ4n) is 1.43. The smallest absolute Gasteiger partial charge is 0.323 e. The third kappa shape index (κ3) is 3.21. The lowest BCUT2D eigenvalue weighted by Crippen LogP contribution is -2.39. The van der Waals surface area contributed by atoms with E-state index in [-0.39, 0.29) is 4.90 Å². The summed E-state index contributed by atoms with van der Waals surface area (Å²) in [5, 5.41) is 0. The van der Waals surface area contributed by atoms with Gasteiger partial charge in [0.25, 0.3) is 0 Å². The van der Waals surface area contributed by atoms with E-state index in [4.69, 9.17) is 5.73 Å². The molecule has 0 aliphatic carbocycles. The van der Waals surface area contributed by atoms with Crippen molar-refractivity contribution in [2.45, 2.75) is 24.8 Å². The summed E-state index contributed by atoms with van der Waals surface area (Å²) in [6, 6.07) is 3.60. The highest BCUT2D eigenvalue weighted by atomic mass is 32.2. The number of nitrogens with two attached hydrogens (primary N) is 1. The Kier molecular flexibility index (Phi) is 4.31. The molecule has 0 bridgehead atoms. The molecule has 0 saturated carbocycles. The number of esters is 1. The molecule has 0 aromatic heterocycles. The Morgan fingerprint density at radius 2 is 2.06 bits per heavy atom. The molecule has 0 aliphatic heterocycles. The zero-order chi connectivity index (χ0) is 13.9. The highest BCUT2D eigenvalue weighted by Gasteiger charge is 2.23. The number of benzene rings is 1. The zero-order valence-electron chi connectivity index (χ0n) is 10.4. The predicted octanol–water partition coefficient (Wildman–Crippen LogP) is 0.417. The summed E-state index contributed by atoms with van der Waals surface area (Å²) in [4.78, 5) is 11.3. The Labute approximate surface area is 106 Å². The van der Waals surface area contributed by atoms with E-state index in [0.717, 1.165) is 0 Å². The number of rotatable bonds is 4. The van der Waals surface area contributed by atoms with Gasteiger partial charge in [-0.3, -0.25) is 4.79 Å². The maximum atomic E-state index is 12.1. The van der Waals surface area contributed by atoms with Crippen molar-refractivity contribution >= 4 is 21.7 Å². The average Bonchev–Trinajstić information content (AvgIpc) is 2.30. The van der Waals surface area contributed by atoms with Gasteiger partial charge in [0, 0.05) is 5.69 Å². The van der Waals surface area contributed by atoms with Gasteiger partial charge in [-0.05, 0) is 31.5 Å². The van der Waals surface area contributed by atoms with Gasteiger partial charge in [-0.2, -0.15) is 4.72 Å². The summed E-state index contributed by atoms with van der Waals surface area (Å²) in [5.74, 6) is -0.653. The second-order valence-electron chi connectivity index (χ2n) is 3.89. The molecule has 0 fully saturated rings. The molecule has 1 unspecified atom stereocenters. The van der Waals surface area contributed by atoms with Crippen molar-refractivity contribution in [1.82, 2.24) is 4.72 Å². The van der Waals surface area contributed by atoms with E-state index >= 15 is 0 Å². The summed E-state index contributed by atoms with van der Waals surface area (Å²) in [7, 11) is -2.61. The first-order chi connectivity index (χ1) is 8.27. The molecule has 1 aromatic carbocycles. The lowest BCUT2D eigenvalue weighted by molar-refractivity contribution is -0.142. The maximum Gasteiger partial charge on any atom is 0.323 e. The van der Waals surface area contributed by atoms with E-state index in [9.17, 15) is 13.2 Å². The average molecular weight is 272 g/mol. The van der Waals surface area contributed by atoms with Crippen molar-refractivity contribution in [2.75, 3.05) is 12.8 Å². The quantitative estimate of drug-likeness (QED) is 0.611. The molecule has 0 aliphatic rings. The first kappa shape index (κ1) is 14.5. The molecule has 0 saturated heterocycles. The first-order valence-electron chi connectivity index (χ1n) is 5.24. The van der Waals surface area contributed by atoms with Crippen LogP contribution in [0.5, 0.6) is 0 Å². The SMILES string of the molecule is COC(=O)C(C)NS(=O)(=O)c1cc(N)ccc1C. The number of hydrogen-bond donors (Lipinski definition) is 2. The molecule has 0 heterocycles. The van der Waals surface area contributed by atoms with E-state index in [1.807, 2.05) is 0 Å². The summed E-state index contributed by atoms with van der Waals surface area (Å²) < 4.78 is 30.8. The van der Waals surface area contributed by atoms with Crippen LogP contribution in [0.2, 0.25) is 0 Å². The highest BCUT2D eigenvalue weighted by molar-refractivity contribution is 7.89. The summed E-state index contributed by atoms with van der Waals surface area (Å²) in [6.45, 7) is 3.06. The van der Waals surface area contributed by atoms with Gasteiger partial charge in [0.2, 0.25) is 10.0 Å². The fraction of sp³-hybridized carbons (Fsp3) is 0.364. The summed E-state index contributed by atoms with van der Waals surface area (Å²) >= 11 is 0. The van der Waals surface area contributed by atoms with E-state index in [1.165, 1.54) is 20.1 Å².